The maximum absolute atomic E-state index is 12.6. The highest BCUT2D eigenvalue weighted by Crippen LogP contribution is 2.20. The van der Waals surface area contributed by atoms with E-state index >= 15 is 0 Å². The smallest absolute Gasteiger partial charge is 0.253 e. The second kappa shape index (κ2) is 7.42. The predicted octanol–water partition coefficient (Wildman–Crippen LogP) is 2.14. The molecule has 1 aliphatic rings. The van der Waals surface area contributed by atoms with Crippen LogP contribution in [0.3, 0.4) is 0 Å². The van der Waals surface area contributed by atoms with Crippen LogP contribution in [0.1, 0.15) is 42.9 Å². The van der Waals surface area contributed by atoms with Crippen molar-refractivity contribution in [2.45, 2.75) is 39.8 Å². The number of tetrazole rings is 1. The lowest BCUT2D eigenvalue weighted by atomic mass is 9.98. The minimum Gasteiger partial charge on any atom is -0.486 e. The van der Waals surface area contributed by atoms with E-state index in [2.05, 4.69) is 22.4 Å². The van der Waals surface area contributed by atoms with Crippen molar-refractivity contribution >= 4 is 5.91 Å². The molecule has 0 saturated carbocycles. The zero-order valence-corrected chi connectivity index (χ0v) is 14.2. The summed E-state index contributed by atoms with van der Waals surface area (Å²) in [5, 5.41) is 11.5. The Hall–Kier alpha value is -2.44. The summed E-state index contributed by atoms with van der Waals surface area (Å²) in [6.45, 7) is 6.84. The number of rotatable bonds is 5. The third-order valence-corrected chi connectivity index (χ3v) is 4.43. The summed E-state index contributed by atoms with van der Waals surface area (Å²) < 4.78 is 7.44. The molecule has 128 valence electrons. The van der Waals surface area contributed by atoms with Crippen LogP contribution >= 0.6 is 0 Å². The molecule has 7 nitrogen and oxygen atoms in total. The van der Waals surface area contributed by atoms with Crippen molar-refractivity contribution in [3.63, 3.8) is 0 Å². The molecule has 1 aromatic carbocycles. The molecule has 1 aromatic heterocycles. The van der Waals surface area contributed by atoms with Gasteiger partial charge in [-0.2, -0.15) is 0 Å². The van der Waals surface area contributed by atoms with E-state index < -0.39 is 0 Å². The number of piperidine rings is 1. The molecule has 2 aromatic rings. The number of benzene rings is 1. The van der Waals surface area contributed by atoms with Crippen molar-refractivity contribution in [3.05, 3.63) is 35.7 Å². The third kappa shape index (κ3) is 3.72. The van der Waals surface area contributed by atoms with Gasteiger partial charge in [-0.3, -0.25) is 4.79 Å². The zero-order chi connectivity index (χ0) is 16.9. The van der Waals surface area contributed by atoms with E-state index in [1.54, 1.807) is 10.7 Å². The Kier molecular flexibility index (Phi) is 5.08. The van der Waals surface area contributed by atoms with Crippen molar-refractivity contribution in [3.8, 4) is 5.75 Å². The minimum atomic E-state index is 0.0748. The topological polar surface area (TPSA) is 73.1 Å². The van der Waals surface area contributed by atoms with Crippen molar-refractivity contribution in [1.82, 2.24) is 25.1 Å². The number of ether oxygens (including phenoxy) is 1. The molecular formula is C17H23N5O2. The fourth-order valence-corrected chi connectivity index (χ4v) is 2.83. The molecule has 0 unspecified atom stereocenters. The van der Waals surface area contributed by atoms with Gasteiger partial charge >= 0.3 is 0 Å². The Labute approximate surface area is 141 Å². The predicted molar refractivity (Wildman–Crippen MR) is 88.6 cm³/mol. The zero-order valence-electron chi connectivity index (χ0n) is 14.2. The molecule has 3 rings (SSSR count). The lowest BCUT2D eigenvalue weighted by Crippen LogP contribution is -2.37. The van der Waals surface area contributed by atoms with Crippen molar-refractivity contribution in [2.75, 3.05) is 13.1 Å². The van der Waals surface area contributed by atoms with Gasteiger partial charge in [-0.15, -0.1) is 5.10 Å². The number of hydrogen-bond donors (Lipinski definition) is 0. The maximum atomic E-state index is 12.6. The summed E-state index contributed by atoms with van der Waals surface area (Å²) in [4.78, 5) is 14.6. The molecule has 0 atom stereocenters. The molecule has 1 amide bonds. The van der Waals surface area contributed by atoms with E-state index in [-0.39, 0.29) is 12.5 Å². The Morgan fingerprint density at radius 3 is 2.88 bits per heavy atom. The van der Waals surface area contributed by atoms with Gasteiger partial charge in [0.05, 0.1) is 0 Å². The molecule has 0 aliphatic carbocycles. The molecule has 24 heavy (non-hydrogen) atoms. The molecule has 1 aliphatic heterocycles. The van der Waals surface area contributed by atoms with E-state index in [0.717, 1.165) is 25.9 Å². The standard InChI is InChI=1S/C17H23N5O2/c1-3-22-16(18-19-20-22)12-24-15-6-4-5-14(11-15)17(23)21-9-7-13(2)8-10-21/h4-6,11,13H,3,7-10,12H2,1-2H3. The number of amides is 1. The Bertz CT molecular complexity index is 692. The normalized spacial score (nSPS) is 15.5. The molecule has 0 N–H and O–H groups in total. The van der Waals surface area contributed by atoms with Gasteiger partial charge in [0.1, 0.15) is 12.4 Å². The monoisotopic (exact) mass is 329 g/mol. The van der Waals surface area contributed by atoms with Crippen LogP contribution < -0.4 is 4.74 Å². The summed E-state index contributed by atoms with van der Waals surface area (Å²) in [5.74, 6) is 2.09. The molecule has 0 spiro atoms. The molecule has 0 radical (unpaired) electrons. The summed E-state index contributed by atoms with van der Waals surface area (Å²) >= 11 is 0. The molecule has 2 heterocycles. The lowest BCUT2D eigenvalue weighted by molar-refractivity contribution is 0.0696. The van der Waals surface area contributed by atoms with Gasteiger partial charge in [0.2, 0.25) is 0 Å². The average Bonchev–Trinajstić information content (AvgIpc) is 3.08. The largest absolute Gasteiger partial charge is 0.486 e. The second-order valence-corrected chi connectivity index (χ2v) is 6.20. The fraction of sp³-hybridized carbons (Fsp3) is 0.529. The Morgan fingerprint density at radius 1 is 1.33 bits per heavy atom. The molecular weight excluding hydrogens is 306 g/mol. The fourth-order valence-electron chi connectivity index (χ4n) is 2.83. The first-order chi connectivity index (χ1) is 11.7. The van der Waals surface area contributed by atoms with Gasteiger partial charge in [0, 0.05) is 25.2 Å². The van der Waals surface area contributed by atoms with Crippen LogP contribution in [-0.4, -0.2) is 44.1 Å². The first-order valence-electron chi connectivity index (χ1n) is 8.44. The number of carbonyl (C=O) groups excluding carboxylic acids is 1. The van der Waals surface area contributed by atoms with Gasteiger partial charge in [-0.1, -0.05) is 13.0 Å². The van der Waals surface area contributed by atoms with Crippen LogP contribution in [0.15, 0.2) is 24.3 Å². The highest BCUT2D eigenvalue weighted by atomic mass is 16.5. The number of aryl methyl sites for hydroxylation is 1. The third-order valence-electron chi connectivity index (χ3n) is 4.43. The Balaban J connectivity index is 1.64. The second-order valence-electron chi connectivity index (χ2n) is 6.20. The summed E-state index contributed by atoms with van der Waals surface area (Å²) in [6.07, 6.45) is 2.14. The van der Waals surface area contributed by atoms with Crippen LogP contribution in [0.5, 0.6) is 5.75 Å². The van der Waals surface area contributed by atoms with Crippen LogP contribution in [0.4, 0.5) is 0 Å². The van der Waals surface area contributed by atoms with Crippen LogP contribution in [0, 0.1) is 5.92 Å². The van der Waals surface area contributed by atoms with E-state index in [0.29, 0.717) is 29.6 Å². The molecule has 0 bridgehead atoms. The average molecular weight is 329 g/mol. The summed E-state index contributed by atoms with van der Waals surface area (Å²) in [7, 11) is 0. The van der Waals surface area contributed by atoms with E-state index in [9.17, 15) is 4.79 Å². The van der Waals surface area contributed by atoms with Crippen LogP contribution in [-0.2, 0) is 13.2 Å². The number of aromatic nitrogens is 4. The highest BCUT2D eigenvalue weighted by molar-refractivity contribution is 5.94. The number of carbonyl (C=O) groups is 1. The first kappa shape index (κ1) is 16.4. The highest BCUT2D eigenvalue weighted by Gasteiger charge is 2.21. The van der Waals surface area contributed by atoms with E-state index in [4.69, 9.17) is 4.74 Å². The maximum Gasteiger partial charge on any atom is 0.253 e. The van der Waals surface area contributed by atoms with Crippen LogP contribution in [0.25, 0.3) is 0 Å². The van der Waals surface area contributed by atoms with Gasteiger partial charge < -0.3 is 9.64 Å². The van der Waals surface area contributed by atoms with Gasteiger partial charge in [0.15, 0.2) is 5.82 Å². The molecule has 1 saturated heterocycles. The van der Waals surface area contributed by atoms with Gasteiger partial charge in [-0.05, 0) is 54.3 Å². The number of nitrogens with zero attached hydrogens (tertiary/aromatic N) is 5. The van der Waals surface area contributed by atoms with Gasteiger partial charge in [0.25, 0.3) is 5.91 Å². The molecule has 1 fully saturated rings. The lowest BCUT2D eigenvalue weighted by Gasteiger charge is -2.30. The molecule has 7 heteroatoms. The van der Waals surface area contributed by atoms with E-state index in [1.165, 1.54) is 0 Å². The van der Waals surface area contributed by atoms with Crippen molar-refractivity contribution in [1.29, 1.82) is 0 Å². The number of likely N-dealkylation sites (tertiary alicyclic amines) is 1. The van der Waals surface area contributed by atoms with Gasteiger partial charge in [-0.25, -0.2) is 4.68 Å². The van der Waals surface area contributed by atoms with Crippen molar-refractivity contribution in [2.24, 2.45) is 5.92 Å². The Morgan fingerprint density at radius 2 is 2.12 bits per heavy atom. The SMILES string of the molecule is CCn1nnnc1COc1cccc(C(=O)N2CCC(C)CC2)c1. The quantitative estimate of drug-likeness (QED) is 0.840. The van der Waals surface area contributed by atoms with Crippen molar-refractivity contribution < 1.29 is 9.53 Å². The van der Waals surface area contributed by atoms with Crippen LogP contribution in [0.2, 0.25) is 0 Å². The summed E-state index contributed by atoms with van der Waals surface area (Å²) in [5.41, 5.74) is 0.664. The van der Waals surface area contributed by atoms with E-state index in [1.807, 2.05) is 30.0 Å². The summed E-state index contributed by atoms with van der Waals surface area (Å²) in [6, 6.07) is 7.32. The first-order valence-corrected chi connectivity index (χ1v) is 8.44. The minimum absolute atomic E-state index is 0.0748. The number of hydrogen-bond acceptors (Lipinski definition) is 5.